The molecule has 0 atom stereocenters. The van der Waals surface area contributed by atoms with Gasteiger partial charge in [-0.25, -0.2) is 4.98 Å². The van der Waals surface area contributed by atoms with Crippen molar-refractivity contribution in [3.63, 3.8) is 0 Å². The van der Waals surface area contributed by atoms with Crippen LogP contribution in [0.5, 0.6) is 0 Å². The molecule has 1 saturated heterocycles. The van der Waals surface area contributed by atoms with Crippen molar-refractivity contribution in [2.75, 3.05) is 38.0 Å². The number of carbonyl (C=O) groups is 1. The highest BCUT2D eigenvalue weighted by atomic mass is 32.1. The second kappa shape index (κ2) is 9.78. The van der Waals surface area contributed by atoms with Crippen LogP contribution in [0.2, 0.25) is 0 Å². The van der Waals surface area contributed by atoms with E-state index >= 15 is 0 Å². The molecule has 1 aliphatic heterocycles. The molecular formula is C22H23N5O3S. The molecule has 0 spiro atoms. The number of thiazole rings is 1. The zero-order valence-electron chi connectivity index (χ0n) is 16.9. The van der Waals surface area contributed by atoms with Gasteiger partial charge in [0.2, 0.25) is 5.91 Å². The first-order valence-corrected chi connectivity index (χ1v) is 10.9. The van der Waals surface area contributed by atoms with Gasteiger partial charge in [-0.15, -0.1) is 11.3 Å². The number of hydrogen-bond donors (Lipinski definition) is 1. The summed E-state index contributed by atoms with van der Waals surface area (Å²) in [4.78, 5) is 31.9. The van der Waals surface area contributed by atoms with Crippen LogP contribution in [0.3, 0.4) is 0 Å². The molecule has 0 saturated carbocycles. The SMILES string of the molecule is O=C(CN1CCN(Cc2ccccc2)CC1)Nc1nc(-c2cccc([N+](=O)[O-])c2)cs1. The van der Waals surface area contributed by atoms with Gasteiger partial charge in [-0.1, -0.05) is 42.5 Å². The van der Waals surface area contributed by atoms with Crippen LogP contribution >= 0.6 is 11.3 Å². The van der Waals surface area contributed by atoms with E-state index in [0.717, 1.165) is 32.7 Å². The number of nitrogens with one attached hydrogen (secondary N) is 1. The molecule has 1 aromatic heterocycles. The van der Waals surface area contributed by atoms with E-state index in [2.05, 4.69) is 44.4 Å². The summed E-state index contributed by atoms with van der Waals surface area (Å²) in [5.74, 6) is -0.101. The Morgan fingerprint density at radius 2 is 1.81 bits per heavy atom. The number of hydrogen-bond acceptors (Lipinski definition) is 7. The Labute approximate surface area is 184 Å². The van der Waals surface area contributed by atoms with E-state index in [1.54, 1.807) is 17.5 Å². The molecule has 1 aliphatic rings. The van der Waals surface area contributed by atoms with E-state index < -0.39 is 4.92 Å². The van der Waals surface area contributed by atoms with Crippen molar-refractivity contribution < 1.29 is 9.72 Å². The number of aromatic nitrogens is 1. The van der Waals surface area contributed by atoms with Crippen molar-refractivity contribution in [2.24, 2.45) is 0 Å². The Kier molecular flexibility index (Phi) is 6.66. The zero-order valence-corrected chi connectivity index (χ0v) is 17.8. The maximum Gasteiger partial charge on any atom is 0.270 e. The maximum atomic E-state index is 12.5. The van der Waals surface area contributed by atoms with E-state index in [1.165, 1.54) is 29.0 Å². The Hall–Kier alpha value is -3.14. The molecule has 1 fully saturated rings. The summed E-state index contributed by atoms with van der Waals surface area (Å²) in [6.07, 6.45) is 0. The number of nitro benzene ring substituents is 1. The number of amides is 1. The Balaban J connectivity index is 1.26. The molecule has 160 valence electrons. The van der Waals surface area contributed by atoms with Crippen LogP contribution < -0.4 is 5.32 Å². The standard InChI is InChI=1S/C22H23N5O3S/c28-21(15-26-11-9-25(10-12-26)14-17-5-2-1-3-6-17)24-22-23-20(16-31-22)18-7-4-8-19(13-18)27(29)30/h1-8,13,16H,9-12,14-15H2,(H,23,24,28). The first-order chi connectivity index (χ1) is 15.1. The summed E-state index contributed by atoms with van der Waals surface area (Å²) in [6, 6.07) is 16.7. The number of non-ortho nitro benzene ring substituents is 1. The second-order valence-corrected chi connectivity index (χ2v) is 8.29. The van der Waals surface area contributed by atoms with Gasteiger partial charge in [0.15, 0.2) is 5.13 Å². The molecule has 9 heteroatoms. The van der Waals surface area contributed by atoms with Crippen molar-refractivity contribution in [3.8, 4) is 11.3 Å². The van der Waals surface area contributed by atoms with Crippen LogP contribution in [0.15, 0.2) is 60.0 Å². The minimum absolute atomic E-state index is 0.0162. The third-order valence-electron chi connectivity index (χ3n) is 5.18. The molecule has 1 N–H and O–H groups in total. The minimum Gasteiger partial charge on any atom is -0.301 e. The zero-order chi connectivity index (χ0) is 21.6. The van der Waals surface area contributed by atoms with Gasteiger partial charge in [-0.2, -0.15) is 0 Å². The quantitative estimate of drug-likeness (QED) is 0.450. The highest BCUT2D eigenvalue weighted by molar-refractivity contribution is 7.14. The number of piperazine rings is 1. The number of anilines is 1. The monoisotopic (exact) mass is 437 g/mol. The van der Waals surface area contributed by atoms with Crippen LogP contribution in [-0.4, -0.2) is 58.3 Å². The number of nitro groups is 1. The lowest BCUT2D eigenvalue weighted by atomic mass is 10.1. The van der Waals surface area contributed by atoms with Gasteiger partial charge in [0, 0.05) is 55.8 Å². The second-order valence-electron chi connectivity index (χ2n) is 7.43. The lowest BCUT2D eigenvalue weighted by Crippen LogP contribution is -2.48. The Morgan fingerprint density at radius 3 is 2.55 bits per heavy atom. The third kappa shape index (κ3) is 5.72. The number of nitrogens with zero attached hydrogens (tertiary/aromatic N) is 4. The van der Waals surface area contributed by atoms with Crippen LogP contribution in [0.4, 0.5) is 10.8 Å². The molecule has 0 bridgehead atoms. The fourth-order valence-electron chi connectivity index (χ4n) is 3.55. The third-order valence-corrected chi connectivity index (χ3v) is 5.94. The molecule has 8 nitrogen and oxygen atoms in total. The van der Waals surface area contributed by atoms with Gasteiger partial charge in [-0.05, 0) is 5.56 Å². The molecule has 2 heterocycles. The van der Waals surface area contributed by atoms with E-state index in [9.17, 15) is 14.9 Å². The first kappa shape index (κ1) is 21.1. The molecule has 1 amide bonds. The van der Waals surface area contributed by atoms with Crippen molar-refractivity contribution in [2.45, 2.75) is 6.54 Å². The molecule has 0 aliphatic carbocycles. The highest BCUT2D eigenvalue weighted by Crippen LogP contribution is 2.27. The average Bonchev–Trinajstić information content (AvgIpc) is 3.24. The van der Waals surface area contributed by atoms with Crippen LogP contribution in [0.1, 0.15) is 5.56 Å². The Morgan fingerprint density at radius 1 is 1.06 bits per heavy atom. The van der Waals surface area contributed by atoms with Gasteiger partial charge in [0.25, 0.3) is 5.69 Å². The predicted octanol–water partition coefficient (Wildman–Crippen LogP) is 3.47. The van der Waals surface area contributed by atoms with Crippen LogP contribution in [0.25, 0.3) is 11.3 Å². The molecule has 3 aromatic rings. The minimum atomic E-state index is -0.432. The average molecular weight is 438 g/mol. The fraction of sp³-hybridized carbons (Fsp3) is 0.273. The molecule has 4 rings (SSSR count). The molecule has 31 heavy (non-hydrogen) atoms. The number of carbonyl (C=O) groups excluding carboxylic acids is 1. The molecule has 0 unspecified atom stereocenters. The van der Waals surface area contributed by atoms with Crippen LogP contribution in [-0.2, 0) is 11.3 Å². The fourth-order valence-corrected chi connectivity index (χ4v) is 4.29. The number of rotatable bonds is 7. The predicted molar refractivity (Wildman–Crippen MR) is 121 cm³/mol. The first-order valence-electron chi connectivity index (χ1n) is 10.1. The van der Waals surface area contributed by atoms with Gasteiger partial charge >= 0.3 is 0 Å². The number of benzene rings is 2. The molecule has 2 aromatic carbocycles. The Bertz CT molecular complexity index is 1050. The van der Waals surface area contributed by atoms with Gasteiger partial charge in [0.05, 0.1) is 17.2 Å². The molecular weight excluding hydrogens is 414 g/mol. The van der Waals surface area contributed by atoms with Gasteiger partial charge in [-0.3, -0.25) is 24.7 Å². The normalized spacial score (nSPS) is 15.0. The van der Waals surface area contributed by atoms with Crippen molar-refractivity contribution in [1.82, 2.24) is 14.8 Å². The van der Waals surface area contributed by atoms with E-state index in [4.69, 9.17) is 0 Å². The van der Waals surface area contributed by atoms with Crippen molar-refractivity contribution in [1.29, 1.82) is 0 Å². The highest BCUT2D eigenvalue weighted by Gasteiger charge is 2.19. The summed E-state index contributed by atoms with van der Waals surface area (Å²) in [5, 5.41) is 16.1. The van der Waals surface area contributed by atoms with E-state index in [0.29, 0.717) is 22.9 Å². The van der Waals surface area contributed by atoms with Gasteiger partial charge < -0.3 is 5.32 Å². The summed E-state index contributed by atoms with van der Waals surface area (Å²) < 4.78 is 0. The van der Waals surface area contributed by atoms with E-state index in [1.807, 2.05) is 6.07 Å². The molecule has 0 radical (unpaired) electrons. The largest absolute Gasteiger partial charge is 0.301 e. The smallest absolute Gasteiger partial charge is 0.270 e. The summed E-state index contributed by atoms with van der Waals surface area (Å²) >= 11 is 1.31. The lowest BCUT2D eigenvalue weighted by molar-refractivity contribution is -0.384. The lowest BCUT2D eigenvalue weighted by Gasteiger charge is -2.34. The van der Waals surface area contributed by atoms with Crippen LogP contribution in [0, 0.1) is 10.1 Å². The summed E-state index contributed by atoms with van der Waals surface area (Å²) in [5.41, 5.74) is 2.58. The topological polar surface area (TPSA) is 91.6 Å². The maximum absolute atomic E-state index is 12.5. The van der Waals surface area contributed by atoms with Crippen molar-refractivity contribution in [3.05, 3.63) is 75.7 Å². The summed E-state index contributed by atoms with van der Waals surface area (Å²) in [6.45, 7) is 4.80. The van der Waals surface area contributed by atoms with Gasteiger partial charge in [0.1, 0.15) is 0 Å². The summed E-state index contributed by atoms with van der Waals surface area (Å²) in [7, 11) is 0. The van der Waals surface area contributed by atoms with Crippen molar-refractivity contribution >= 4 is 28.1 Å². The van der Waals surface area contributed by atoms with E-state index in [-0.39, 0.29) is 11.6 Å².